The van der Waals surface area contributed by atoms with Crippen molar-refractivity contribution in [1.29, 1.82) is 0 Å². The second-order valence-corrected chi connectivity index (χ2v) is 8.12. The highest BCUT2D eigenvalue weighted by Crippen LogP contribution is 2.25. The van der Waals surface area contributed by atoms with E-state index < -0.39 is 0 Å². The van der Waals surface area contributed by atoms with Crippen molar-refractivity contribution >= 4 is 17.3 Å². The Morgan fingerprint density at radius 3 is 2.03 bits per heavy atom. The molecule has 0 radical (unpaired) electrons. The summed E-state index contributed by atoms with van der Waals surface area (Å²) in [5.41, 5.74) is 16.4. The van der Waals surface area contributed by atoms with Crippen LogP contribution in [-0.4, -0.2) is 19.6 Å². The molecule has 4 rings (SSSR count). The minimum Gasteiger partial charge on any atom is -0.497 e. The fourth-order valence-electron chi connectivity index (χ4n) is 3.72. The molecule has 1 amide bonds. The van der Waals surface area contributed by atoms with Crippen LogP contribution in [0.5, 0.6) is 5.75 Å². The van der Waals surface area contributed by atoms with E-state index in [0.29, 0.717) is 25.1 Å². The summed E-state index contributed by atoms with van der Waals surface area (Å²) in [5, 5.41) is 3.03. The molecule has 0 heterocycles. The molecule has 180 valence electrons. The number of nitrogen functional groups attached to an aromatic ring is 1. The Morgan fingerprint density at radius 1 is 0.857 bits per heavy atom. The molecule has 0 spiro atoms. The smallest absolute Gasteiger partial charge is 0.231 e. The molecule has 0 aromatic heterocycles. The molecule has 0 aliphatic carbocycles. The monoisotopic (exact) mass is 467 g/mol. The molecule has 0 bridgehead atoms. The predicted molar refractivity (Wildman–Crippen MR) is 145 cm³/mol. The Morgan fingerprint density at radius 2 is 1.46 bits per heavy atom. The zero-order valence-corrected chi connectivity index (χ0v) is 20.1. The van der Waals surface area contributed by atoms with Gasteiger partial charge in [0.05, 0.1) is 13.0 Å². The van der Waals surface area contributed by atoms with Crippen molar-refractivity contribution < 1.29 is 9.53 Å². The fraction of sp³-hybridized carbons (Fsp3) is 0.167. The molecule has 0 saturated heterocycles. The molecule has 5 heteroatoms. The SMILES string of the molecule is COc1ccc(Cc2cc(NC(=O)C(CCN)c3ccccc3)ccc2N)cc1.c1ccccc1. The van der Waals surface area contributed by atoms with Crippen LogP contribution in [0.4, 0.5) is 11.4 Å². The van der Waals surface area contributed by atoms with Gasteiger partial charge in [-0.25, -0.2) is 0 Å². The summed E-state index contributed by atoms with van der Waals surface area (Å²) in [6.45, 7) is 0.442. The normalized spacial score (nSPS) is 11.0. The minimum atomic E-state index is -0.288. The van der Waals surface area contributed by atoms with Crippen LogP contribution in [0.15, 0.2) is 109 Å². The van der Waals surface area contributed by atoms with Gasteiger partial charge in [0, 0.05) is 11.4 Å². The number of hydrogen-bond donors (Lipinski definition) is 3. The first kappa shape index (κ1) is 25.5. The Kier molecular flexibility index (Phi) is 9.90. The highest BCUT2D eigenvalue weighted by molar-refractivity contribution is 5.96. The van der Waals surface area contributed by atoms with Crippen molar-refractivity contribution in [3.8, 4) is 5.75 Å². The highest BCUT2D eigenvalue weighted by Gasteiger charge is 2.20. The van der Waals surface area contributed by atoms with E-state index >= 15 is 0 Å². The zero-order valence-electron chi connectivity index (χ0n) is 20.1. The summed E-state index contributed by atoms with van der Waals surface area (Å²) in [5.74, 6) is 0.459. The summed E-state index contributed by atoms with van der Waals surface area (Å²) in [6.07, 6.45) is 1.26. The Bertz CT molecular complexity index is 1140. The van der Waals surface area contributed by atoms with Gasteiger partial charge < -0.3 is 21.5 Å². The van der Waals surface area contributed by atoms with E-state index in [-0.39, 0.29) is 11.8 Å². The van der Waals surface area contributed by atoms with Crippen LogP contribution in [0.1, 0.15) is 29.0 Å². The third-order valence-electron chi connectivity index (χ3n) is 5.60. The van der Waals surface area contributed by atoms with E-state index in [1.807, 2.05) is 109 Å². The summed E-state index contributed by atoms with van der Waals surface area (Å²) in [6, 6.07) is 35.2. The number of nitrogens with two attached hydrogens (primary N) is 2. The lowest BCUT2D eigenvalue weighted by Crippen LogP contribution is -2.23. The van der Waals surface area contributed by atoms with Crippen molar-refractivity contribution in [2.75, 3.05) is 24.7 Å². The van der Waals surface area contributed by atoms with Gasteiger partial charge in [-0.15, -0.1) is 0 Å². The highest BCUT2D eigenvalue weighted by atomic mass is 16.5. The number of rotatable bonds is 8. The van der Waals surface area contributed by atoms with Crippen LogP contribution < -0.4 is 21.5 Å². The molecule has 0 saturated carbocycles. The molecule has 5 N–H and O–H groups in total. The van der Waals surface area contributed by atoms with Gasteiger partial charge in [0.25, 0.3) is 0 Å². The van der Waals surface area contributed by atoms with E-state index in [9.17, 15) is 4.79 Å². The van der Waals surface area contributed by atoms with Crippen LogP contribution in [0.3, 0.4) is 0 Å². The van der Waals surface area contributed by atoms with Crippen LogP contribution in [-0.2, 0) is 11.2 Å². The predicted octanol–water partition coefficient (Wildman–Crippen LogP) is 5.63. The van der Waals surface area contributed by atoms with Gasteiger partial charge in [0.1, 0.15) is 5.75 Å². The maximum atomic E-state index is 12.9. The summed E-state index contributed by atoms with van der Waals surface area (Å²) in [7, 11) is 1.65. The van der Waals surface area contributed by atoms with Crippen molar-refractivity contribution in [2.45, 2.75) is 18.8 Å². The van der Waals surface area contributed by atoms with Gasteiger partial charge in [0.2, 0.25) is 5.91 Å². The lowest BCUT2D eigenvalue weighted by atomic mass is 9.94. The van der Waals surface area contributed by atoms with E-state index in [2.05, 4.69) is 5.32 Å². The quantitative estimate of drug-likeness (QED) is 0.293. The Labute approximate surface area is 207 Å². The topological polar surface area (TPSA) is 90.4 Å². The minimum absolute atomic E-state index is 0.0678. The van der Waals surface area contributed by atoms with Crippen LogP contribution in [0, 0.1) is 0 Å². The third-order valence-corrected chi connectivity index (χ3v) is 5.60. The molecule has 4 aromatic rings. The van der Waals surface area contributed by atoms with Gasteiger partial charge in [0.15, 0.2) is 0 Å². The number of methoxy groups -OCH3 is 1. The lowest BCUT2D eigenvalue weighted by Gasteiger charge is -2.17. The van der Waals surface area contributed by atoms with Crippen molar-refractivity contribution in [1.82, 2.24) is 0 Å². The Balaban J connectivity index is 0.000000497. The molecule has 0 fully saturated rings. The molecule has 4 aromatic carbocycles. The van der Waals surface area contributed by atoms with Crippen LogP contribution in [0.25, 0.3) is 0 Å². The second-order valence-electron chi connectivity index (χ2n) is 8.12. The zero-order chi connectivity index (χ0) is 24.9. The molecular weight excluding hydrogens is 434 g/mol. The van der Waals surface area contributed by atoms with Crippen molar-refractivity contribution in [2.24, 2.45) is 5.73 Å². The molecule has 5 nitrogen and oxygen atoms in total. The first-order chi connectivity index (χ1) is 17.1. The average molecular weight is 468 g/mol. The first-order valence-electron chi connectivity index (χ1n) is 11.7. The number of ether oxygens (including phenoxy) is 1. The lowest BCUT2D eigenvalue weighted by molar-refractivity contribution is -0.117. The first-order valence-corrected chi connectivity index (χ1v) is 11.7. The molecule has 1 unspecified atom stereocenters. The number of benzene rings is 4. The van der Waals surface area contributed by atoms with Crippen molar-refractivity contribution in [3.05, 3.63) is 126 Å². The maximum absolute atomic E-state index is 12.9. The Hall–Kier alpha value is -4.09. The largest absolute Gasteiger partial charge is 0.497 e. The second kappa shape index (κ2) is 13.6. The van der Waals surface area contributed by atoms with E-state index in [0.717, 1.165) is 28.1 Å². The maximum Gasteiger partial charge on any atom is 0.231 e. The number of nitrogens with one attached hydrogen (secondary N) is 1. The van der Waals surface area contributed by atoms with Gasteiger partial charge in [-0.05, 0) is 66.4 Å². The molecular formula is C30H33N3O2. The fourth-order valence-corrected chi connectivity index (χ4v) is 3.72. The van der Waals surface area contributed by atoms with Gasteiger partial charge in [-0.1, -0.05) is 78.9 Å². The number of hydrogen-bond acceptors (Lipinski definition) is 4. The molecule has 1 atom stereocenters. The van der Waals surface area contributed by atoms with E-state index in [4.69, 9.17) is 16.2 Å². The number of anilines is 2. The standard InChI is InChI=1S/C24H27N3O2.C6H6/c1-29-21-10-7-17(8-11-21)15-19-16-20(9-12-23(19)26)27-24(28)22(13-14-25)18-5-3-2-4-6-18;1-2-4-6-5-3-1/h2-12,16,22H,13-15,25-26H2,1H3,(H,27,28);1-6H. The summed E-state index contributed by atoms with van der Waals surface area (Å²) < 4.78 is 5.20. The van der Waals surface area contributed by atoms with Crippen LogP contribution >= 0.6 is 0 Å². The molecule has 35 heavy (non-hydrogen) atoms. The van der Waals surface area contributed by atoms with E-state index in [1.54, 1.807) is 7.11 Å². The van der Waals surface area contributed by atoms with E-state index in [1.165, 1.54) is 0 Å². The third kappa shape index (κ3) is 8.02. The summed E-state index contributed by atoms with van der Waals surface area (Å²) >= 11 is 0. The molecule has 0 aliphatic rings. The summed E-state index contributed by atoms with van der Waals surface area (Å²) in [4.78, 5) is 12.9. The van der Waals surface area contributed by atoms with Crippen LogP contribution in [0.2, 0.25) is 0 Å². The molecule has 0 aliphatic heterocycles. The van der Waals surface area contributed by atoms with Gasteiger partial charge in [-0.2, -0.15) is 0 Å². The number of amides is 1. The average Bonchev–Trinajstić information content (AvgIpc) is 2.91. The van der Waals surface area contributed by atoms with Gasteiger partial charge in [-0.3, -0.25) is 4.79 Å². The number of carbonyl (C=O) groups excluding carboxylic acids is 1. The van der Waals surface area contributed by atoms with Crippen molar-refractivity contribution in [3.63, 3.8) is 0 Å². The van der Waals surface area contributed by atoms with Gasteiger partial charge >= 0.3 is 0 Å². The number of carbonyl (C=O) groups is 1.